The summed E-state index contributed by atoms with van der Waals surface area (Å²) < 4.78 is 34.0. The highest BCUT2D eigenvalue weighted by atomic mass is 35.5. The van der Waals surface area contributed by atoms with Crippen LogP contribution in [0.4, 0.5) is 8.78 Å². The molecule has 1 saturated heterocycles. The van der Waals surface area contributed by atoms with E-state index in [0.717, 1.165) is 12.1 Å². The molecule has 1 aliphatic rings. The maximum Gasteiger partial charge on any atom is 0.259 e. The van der Waals surface area contributed by atoms with Crippen molar-refractivity contribution in [3.05, 3.63) is 64.7 Å². The summed E-state index contributed by atoms with van der Waals surface area (Å²) in [5.41, 5.74) is 4.10. The summed E-state index contributed by atoms with van der Waals surface area (Å²) in [6.45, 7) is 0.561. The molecule has 0 saturated carbocycles. The molecule has 1 aliphatic heterocycles. The molecule has 5 nitrogen and oxygen atoms in total. The first-order chi connectivity index (χ1) is 13.8. The van der Waals surface area contributed by atoms with Crippen LogP contribution >= 0.6 is 11.6 Å². The fourth-order valence-electron chi connectivity index (χ4n) is 3.69. The fourth-order valence-corrected chi connectivity index (χ4v) is 3.82. The first-order valence-corrected chi connectivity index (χ1v) is 9.57. The Balaban J connectivity index is 1.80. The summed E-state index contributed by atoms with van der Waals surface area (Å²) in [6, 6.07) is 10.0. The van der Waals surface area contributed by atoms with E-state index in [2.05, 4.69) is 0 Å². The third-order valence-electron chi connectivity index (χ3n) is 5.03. The minimum Gasteiger partial charge on any atom is -0.493 e. The van der Waals surface area contributed by atoms with E-state index in [1.807, 2.05) is 0 Å². The molecule has 2 N–H and O–H groups in total. The van der Waals surface area contributed by atoms with Crippen molar-refractivity contribution in [1.82, 2.24) is 4.90 Å². The number of rotatable bonds is 6. The van der Waals surface area contributed by atoms with Crippen LogP contribution in [-0.2, 0) is 4.79 Å². The topological polar surface area (TPSA) is 72.6 Å². The number of hydrogen-bond donors (Lipinski definition) is 1. The van der Waals surface area contributed by atoms with Gasteiger partial charge in [0.25, 0.3) is 5.91 Å². The van der Waals surface area contributed by atoms with Gasteiger partial charge >= 0.3 is 0 Å². The molecule has 1 fully saturated rings. The molecule has 29 heavy (non-hydrogen) atoms. The number of carbonyl (C=O) groups is 2. The van der Waals surface area contributed by atoms with Gasteiger partial charge in [-0.1, -0.05) is 17.7 Å². The summed E-state index contributed by atoms with van der Waals surface area (Å²) in [4.78, 5) is 25.9. The number of ether oxygens (including phenoxy) is 1. The van der Waals surface area contributed by atoms with Crippen molar-refractivity contribution < 1.29 is 23.1 Å². The summed E-state index contributed by atoms with van der Waals surface area (Å²) in [6.07, 6.45) is 1.14. The quantitative estimate of drug-likeness (QED) is 0.769. The van der Waals surface area contributed by atoms with Gasteiger partial charge in [-0.05, 0) is 49.2 Å². The molecular weight excluding hydrogens is 402 g/mol. The van der Waals surface area contributed by atoms with E-state index in [9.17, 15) is 18.4 Å². The lowest BCUT2D eigenvalue weighted by Gasteiger charge is -2.42. The molecule has 2 aromatic carbocycles. The predicted molar refractivity (Wildman–Crippen MR) is 105 cm³/mol. The van der Waals surface area contributed by atoms with E-state index in [-0.39, 0.29) is 19.6 Å². The van der Waals surface area contributed by atoms with Crippen LogP contribution in [0.25, 0.3) is 0 Å². The van der Waals surface area contributed by atoms with Gasteiger partial charge in [0.2, 0.25) is 5.91 Å². The van der Waals surface area contributed by atoms with Gasteiger partial charge in [-0.3, -0.25) is 9.59 Å². The van der Waals surface area contributed by atoms with Gasteiger partial charge in [-0.15, -0.1) is 0 Å². The third-order valence-corrected chi connectivity index (χ3v) is 5.29. The number of benzene rings is 2. The van der Waals surface area contributed by atoms with Crippen LogP contribution < -0.4 is 10.5 Å². The number of halogens is 3. The highest BCUT2D eigenvalue weighted by Gasteiger charge is 2.40. The molecule has 0 bridgehead atoms. The van der Waals surface area contributed by atoms with Gasteiger partial charge in [0.15, 0.2) is 0 Å². The normalized spacial score (nSPS) is 19.1. The minimum absolute atomic E-state index is 0.00980. The first kappa shape index (κ1) is 21.0. The Morgan fingerprint density at radius 1 is 1.14 bits per heavy atom. The Morgan fingerprint density at radius 2 is 1.79 bits per heavy atom. The van der Waals surface area contributed by atoms with Gasteiger partial charge in [-0.2, -0.15) is 0 Å². The average Bonchev–Trinajstić information content (AvgIpc) is 2.67. The summed E-state index contributed by atoms with van der Waals surface area (Å²) in [5, 5.41) is 0.561. The molecule has 0 aliphatic carbocycles. The van der Waals surface area contributed by atoms with Crippen molar-refractivity contribution in [1.29, 1.82) is 0 Å². The molecule has 8 heteroatoms. The zero-order valence-corrected chi connectivity index (χ0v) is 16.4. The maximum absolute atomic E-state index is 14.1. The smallest absolute Gasteiger partial charge is 0.259 e. The zero-order valence-electron chi connectivity index (χ0n) is 15.7. The largest absolute Gasteiger partial charge is 0.493 e. The number of nitrogens with zero attached hydrogens (tertiary/aromatic N) is 1. The summed E-state index contributed by atoms with van der Waals surface area (Å²) in [5.74, 6) is -2.56. The number of piperidine rings is 1. The van der Waals surface area contributed by atoms with Crippen molar-refractivity contribution in [2.45, 2.75) is 19.3 Å². The SMILES string of the molecule is NC(=O)C[C@]1(COc2ccc(Cl)cc2)CCCN(C(=O)c2c(F)cccc2F)C1. The Morgan fingerprint density at radius 3 is 2.41 bits per heavy atom. The van der Waals surface area contributed by atoms with Crippen molar-refractivity contribution in [2.75, 3.05) is 19.7 Å². The molecule has 1 heterocycles. The highest BCUT2D eigenvalue weighted by molar-refractivity contribution is 6.30. The molecule has 154 valence electrons. The van der Waals surface area contributed by atoms with Crippen LogP contribution in [-0.4, -0.2) is 36.4 Å². The lowest BCUT2D eigenvalue weighted by atomic mass is 9.77. The van der Waals surface area contributed by atoms with E-state index in [1.165, 1.54) is 11.0 Å². The van der Waals surface area contributed by atoms with Crippen molar-refractivity contribution >= 4 is 23.4 Å². The standard InChI is InChI=1S/C21H21ClF2N2O3/c22-14-5-7-15(8-6-14)29-13-21(11-18(25)27)9-2-10-26(12-21)20(28)19-16(23)3-1-4-17(19)24/h1,3-8H,2,9-13H2,(H2,25,27)/t21-/m1/s1. The molecule has 0 unspecified atom stereocenters. The fraction of sp³-hybridized carbons (Fsp3) is 0.333. The van der Waals surface area contributed by atoms with Crippen LogP contribution in [0.2, 0.25) is 5.02 Å². The molecule has 2 amide bonds. The molecule has 0 aromatic heterocycles. The van der Waals surface area contributed by atoms with E-state index in [0.29, 0.717) is 30.2 Å². The van der Waals surface area contributed by atoms with Crippen LogP contribution in [0.1, 0.15) is 29.6 Å². The third kappa shape index (κ3) is 5.03. The summed E-state index contributed by atoms with van der Waals surface area (Å²) >= 11 is 5.87. The van der Waals surface area contributed by atoms with Gasteiger partial charge in [-0.25, -0.2) is 8.78 Å². The molecule has 2 aromatic rings. The number of primary amides is 1. The average molecular weight is 423 g/mol. The minimum atomic E-state index is -0.918. The second-order valence-electron chi connectivity index (χ2n) is 7.31. The predicted octanol–water partition coefficient (Wildman–Crippen LogP) is 3.80. The van der Waals surface area contributed by atoms with Gasteiger partial charge in [0.1, 0.15) is 22.9 Å². The highest BCUT2D eigenvalue weighted by Crippen LogP contribution is 2.35. The monoisotopic (exact) mass is 422 g/mol. The van der Waals surface area contributed by atoms with Gasteiger partial charge in [0, 0.05) is 29.9 Å². The number of likely N-dealkylation sites (tertiary alicyclic amines) is 1. The van der Waals surface area contributed by atoms with Crippen LogP contribution in [0.15, 0.2) is 42.5 Å². The Bertz CT molecular complexity index is 887. The van der Waals surface area contributed by atoms with Gasteiger partial charge in [0.05, 0.1) is 6.61 Å². The van der Waals surface area contributed by atoms with E-state index < -0.39 is 34.4 Å². The number of carbonyl (C=O) groups excluding carboxylic acids is 2. The Hall–Kier alpha value is -2.67. The van der Waals surface area contributed by atoms with Crippen LogP contribution in [0.3, 0.4) is 0 Å². The van der Waals surface area contributed by atoms with E-state index in [1.54, 1.807) is 24.3 Å². The zero-order chi connectivity index (χ0) is 21.0. The van der Waals surface area contributed by atoms with Crippen molar-refractivity contribution in [3.8, 4) is 5.75 Å². The molecule has 0 spiro atoms. The Kier molecular flexibility index (Phi) is 6.37. The molecule has 1 atom stereocenters. The second kappa shape index (κ2) is 8.78. The van der Waals surface area contributed by atoms with Crippen LogP contribution in [0.5, 0.6) is 5.75 Å². The second-order valence-corrected chi connectivity index (χ2v) is 7.75. The van der Waals surface area contributed by atoms with E-state index in [4.69, 9.17) is 22.1 Å². The molecule has 3 rings (SSSR count). The van der Waals surface area contributed by atoms with Crippen molar-refractivity contribution in [2.24, 2.45) is 11.1 Å². The maximum atomic E-state index is 14.1. The lowest BCUT2D eigenvalue weighted by molar-refractivity contribution is -0.122. The molecular formula is C21H21ClF2N2O3. The first-order valence-electron chi connectivity index (χ1n) is 9.20. The number of nitrogens with two attached hydrogens (primary N) is 1. The number of hydrogen-bond acceptors (Lipinski definition) is 3. The van der Waals surface area contributed by atoms with Crippen LogP contribution in [0, 0.1) is 17.0 Å². The lowest BCUT2D eigenvalue weighted by Crippen LogP contribution is -2.50. The number of amides is 2. The Labute approximate surface area is 172 Å². The van der Waals surface area contributed by atoms with Crippen molar-refractivity contribution in [3.63, 3.8) is 0 Å². The van der Waals surface area contributed by atoms with E-state index >= 15 is 0 Å². The van der Waals surface area contributed by atoms with Gasteiger partial charge < -0.3 is 15.4 Å². The summed E-state index contributed by atoms with van der Waals surface area (Å²) in [7, 11) is 0. The molecule has 0 radical (unpaired) electrons.